The van der Waals surface area contributed by atoms with Crippen LogP contribution in [0.3, 0.4) is 0 Å². The van der Waals surface area contributed by atoms with Gasteiger partial charge < -0.3 is 5.32 Å². The lowest BCUT2D eigenvalue weighted by atomic mass is 10.2. The van der Waals surface area contributed by atoms with Crippen molar-refractivity contribution in [2.24, 2.45) is 7.05 Å². The molecule has 94 valence electrons. The molecule has 1 aromatic rings. The Kier molecular flexibility index (Phi) is 4.25. The first kappa shape index (κ1) is 13.2. The van der Waals surface area contributed by atoms with E-state index in [0.717, 1.165) is 11.0 Å². The minimum Gasteiger partial charge on any atom is -0.352 e. The lowest BCUT2D eigenvalue weighted by Gasteiger charge is -2.12. The number of nitrogens with one attached hydrogen (secondary N) is 1. The molecule has 0 aromatic carbocycles. The molecule has 1 N–H and O–H groups in total. The number of aromatic nitrogens is 2. The fourth-order valence-electron chi connectivity index (χ4n) is 1.31. The van der Waals surface area contributed by atoms with Gasteiger partial charge in [-0.3, -0.25) is 18.7 Å². The predicted octanol–water partition coefficient (Wildman–Crippen LogP) is -0.538. The highest BCUT2D eigenvalue weighted by Gasteiger charge is 2.08. The Hall–Kier alpha value is -1.85. The van der Waals surface area contributed by atoms with Gasteiger partial charge in [-0.15, -0.1) is 0 Å². The molecule has 0 saturated heterocycles. The second kappa shape index (κ2) is 5.47. The minimum atomic E-state index is -0.489. The molecule has 0 aliphatic heterocycles. The van der Waals surface area contributed by atoms with Crippen molar-refractivity contribution in [1.29, 1.82) is 0 Å². The smallest absolute Gasteiger partial charge is 0.331 e. The largest absolute Gasteiger partial charge is 0.352 e. The van der Waals surface area contributed by atoms with Gasteiger partial charge in [0, 0.05) is 25.4 Å². The summed E-state index contributed by atoms with van der Waals surface area (Å²) in [6.07, 6.45) is 2.16. The number of hydrogen-bond donors (Lipinski definition) is 1. The molecule has 1 aromatic heterocycles. The molecule has 0 unspecified atom stereocenters. The molecule has 0 fully saturated rings. The summed E-state index contributed by atoms with van der Waals surface area (Å²) in [6.45, 7) is 3.78. The molecule has 1 atom stereocenters. The van der Waals surface area contributed by atoms with Gasteiger partial charge in [0.2, 0.25) is 5.91 Å². The molecule has 6 heteroatoms. The molecule has 6 nitrogen and oxygen atoms in total. The molecular formula is C11H17N3O3. The summed E-state index contributed by atoms with van der Waals surface area (Å²) >= 11 is 0. The highest BCUT2D eigenvalue weighted by Crippen LogP contribution is 1.88. The van der Waals surface area contributed by atoms with E-state index < -0.39 is 5.69 Å². The molecule has 0 bridgehead atoms. The first-order valence-corrected chi connectivity index (χ1v) is 5.51. The predicted molar refractivity (Wildman–Crippen MR) is 63.8 cm³/mol. The molecule has 1 heterocycles. The van der Waals surface area contributed by atoms with Crippen LogP contribution in [-0.2, 0) is 18.4 Å². The van der Waals surface area contributed by atoms with Crippen molar-refractivity contribution in [3.05, 3.63) is 33.1 Å². The number of amides is 1. The Balaban J connectivity index is 2.83. The van der Waals surface area contributed by atoms with Gasteiger partial charge in [-0.25, -0.2) is 4.79 Å². The van der Waals surface area contributed by atoms with Gasteiger partial charge in [-0.05, 0) is 13.3 Å². The van der Waals surface area contributed by atoms with Crippen LogP contribution in [0.15, 0.2) is 21.9 Å². The summed E-state index contributed by atoms with van der Waals surface area (Å²) < 4.78 is 2.18. The van der Waals surface area contributed by atoms with E-state index in [0.29, 0.717) is 0 Å². The molecule has 1 amide bonds. The first-order valence-electron chi connectivity index (χ1n) is 5.51. The van der Waals surface area contributed by atoms with Gasteiger partial charge in [-0.1, -0.05) is 6.92 Å². The van der Waals surface area contributed by atoms with E-state index in [1.165, 1.54) is 23.9 Å². The average Bonchev–Trinajstić information content (AvgIpc) is 2.29. The van der Waals surface area contributed by atoms with Crippen LogP contribution in [0.1, 0.15) is 20.3 Å². The summed E-state index contributed by atoms with van der Waals surface area (Å²) in [5.74, 6) is -0.236. The molecule has 0 saturated carbocycles. The standard InChI is InChI=1S/C11H17N3O3/c1-4-8(2)12-9(15)7-14-6-5-10(16)13(3)11(14)17/h5-6,8H,4,7H2,1-3H3,(H,12,15)/t8-/m1/s1. The Labute approximate surface area is 98.9 Å². The van der Waals surface area contributed by atoms with E-state index in [9.17, 15) is 14.4 Å². The third-order valence-electron chi connectivity index (χ3n) is 2.59. The maximum absolute atomic E-state index is 11.6. The lowest BCUT2D eigenvalue weighted by Crippen LogP contribution is -2.41. The quantitative estimate of drug-likeness (QED) is 0.767. The second-order valence-corrected chi connectivity index (χ2v) is 4.00. The number of nitrogens with zero attached hydrogens (tertiary/aromatic N) is 2. The van der Waals surface area contributed by atoms with Crippen LogP contribution in [-0.4, -0.2) is 21.1 Å². The summed E-state index contributed by atoms with van der Waals surface area (Å²) in [6, 6.07) is 1.34. The van der Waals surface area contributed by atoms with Crippen molar-refractivity contribution in [3.8, 4) is 0 Å². The summed E-state index contributed by atoms with van der Waals surface area (Å²) in [4.78, 5) is 34.3. The van der Waals surface area contributed by atoms with E-state index in [1.54, 1.807) is 0 Å². The van der Waals surface area contributed by atoms with Crippen LogP contribution < -0.4 is 16.6 Å². The van der Waals surface area contributed by atoms with Crippen molar-refractivity contribution >= 4 is 5.91 Å². The zero-order chi connectivity index (χ0) is 13.0. The van der Waals surface area contributed by atoms with Crippen LogP contribution in [0.2, 0.25) is 0 Å². The lowest BCUT2D eigenvalue weighted by molar-refractivity contribution is -0.122. The van der Waals surface area contributed by atoms with Crippen LogP contribution in [0, 0.1) is 0 Å². The van der Waals surface area contributed by atoms with E-state index in [2.05, 4.69) is 5.32 Å². The van der Waals surface area contributed by atoms with Crippen LogP contribution >= 0.6 is 0 Å². The van der Waals surface area contributed by atoms with Gasteiger partial charge in [-0.2, -0.15) is 0 Å². The summed E-state index contributed by atoms with van der Waals surface area (Å²) in [5.41, 5.74) is -0.870. The monoisotopic (exact) mass is 239 g/mol. The zero-order valence-electron chi connectivity index (χ0n) is 10.3. The van der Waals surface area contributed by atoms with Gasteiger partial charge >= 0.3 is 5.69 Å². The van der Waals surface area contributed by atoms with E-state index >= 15 is 0 Å². The Morgan fingerprint density at radius 3 is 2.71 bits per heavy atom. The highest BCUT2D eigenvalue weighted by molar-refractivity contribution is 5.75. The maximum Gasteiger partial charge on any atom is 0.331 e. The molecule has 0 aliphatic rings. The summed E-state index contributed by atoms with van der Waals surface area (Å²) in [7, 11) is 1.38. The van der Waals surface area contributed by atoms with Crippen LogP contribution in [0.5, 0.6) is 0 Å². The van der Waals surface area contributed by atoms with E-state index in [1.807, 2.05) is 13.8 Å². The minimum absolute atomic E-state index is 0.0721. The van der Waals surface area contributed by atoms with Crippen molar-refractivity contribution in [2.75, 3.05) is 0 Å². The number of rotatable bonds is 4. The summed E-state index contributed by atoms with van der Waals surface area (Å²) in [5, 5.41) is 2.75. The molecule has 0 radical (unpaired) electrons. The van der Waals surface area contributed by atoms with Crippen molar-refractivity contribution in [1.82, 2.24) is 14.5 Å². The van der Waals surface area contributed by atoms with Crippen molar-refractivity contribution in [2.45, 2.75) is 32.9 Å². The second-order valence-electron chi connectivity index (χ2n) is 4.00. The van der Waals surface area contributed by atoms with Gasteiger partial charge in [0.15, 0.2) is 0 Å². The number of carbonyl (C=O) groups excluding carboxylic acids is 1. The van der Waals surface area contributed by atoms with Crippen LogP contribution in [0.4, 0.5) is 0 Å². The zero-order valence-corrected chi connectivity index (χ0v) is 10.3. The maximum atomic E-state index is 11.6. The third-order valence-corrected chi connectivity index (χ3v) is 2.59. The van der Waals surface area contributed by atoms with E-state index in [4.69, 9.17) is 0 Å². The van der Waals surface area contributed by atoms with E-state index in [-0.39, 0.29) is 24.1 Å². The molecule has 0 aliphatic carbocycles. The molecule has 0 spiro atoms. The average molecular weight is 239 g/mol. The number of carbonyl (C=O) groups is 1. The van der Waals surface area contributed by atoms with Gasteiger partial charge in [0.1, 0.15) is 6.54 Å². The Morgan fingerprint density at radius 2 is 2.12 bits per heavy atom. The SMILES string of the molecule is CC[C@@H](C)NC(=O)Cn1ccc(=O)n(C)c1=O. The fourth-order valence-corrected chi connectivity index (χ4v) is 1.31. The normalized spacial score (nSPS) is 12.2. The highest BCUT2D eigenvalue weighted by atomic mass is 16.2. The van der Waals surface area contributed by atoms with Gasteiger partial charge in [0.25, 0.3) is 5.56 Å². The Bertz CT molecular complexity index is 515. The van der Waals surface area contributed by atoms with Crippen LogP contribution in [0.25, 0.3) is 0 Å². The number of hydrogen-bond acceptors (Lipinski definition) is 3. The third kappa shape index (κ3) is 3.30. The topological polar surface area (TPSA) is 73.1 Å². The molecule has 17 heavy (non-hydrogen) atoms. The van der Waals surface area contributed by atoms with Crippen molar-refractivity contribution < 1.29 is 4.79 Å². The fraction of sp³-hybridized carbons (Fsp3) is 0.545. The van der Waals surface area contributed by atoms with Gasteiger partial charge in [0.05, 0.1) is 0 Å². The van der Waals surface area contributed by atoms with Crippen molar-refractivity contribution in [3.63, 3.8) is 0 Å². The molecule has 1 rings (SSSR count). The Morgan fingerprint density at radius 1 is 1.47 bits per heavy atom. The first-order chi connectivity index (χ1) is 7.95. The molecular weight excluding hydrogens is 222 g/mol.